The number of hydrogen-bond acceptors (Lipinski definition) is 3. The number of hydrogen-bond donors (Lipinski definition) is 2. The van der Waals surface area contributed by atoms with Crippen LogP contribution < -0.4 is 11.1 Å². The predicted molar refractivity (Wildman–Crippen MR) is 98.5 cm³/mol. The van der Waals surface area contributed by atoms with Crippen LogP contribution in [0.4, 0.5) is 0 Å². The quantitative estimate of drug-likeness (QED) is 0.852. The van der Waals surface area contributed by atoms with E-state index >= 15 is 0 Å². The molecule has 0 aromatic heterocycles. The van der Waals surface area contributed by atoms with Gasteiger partial charge in [0.15, 0.2) is 0 Å². The summed E-state index contributed by atoms with van der Waals surface area (Å²) in [6.45, 7) is 1.91. The number of nitrogens with one attached hydrogen (secondary N) is 1. The highest BCUT2D eigenvalue weighted by atomic mass is 35.5. The smallest absolute Gasteiger partial charge is 0.224 e. The van der Waals surface area contributed by atoms with E-state index in [2.05, 4.69) is 5.32 Å². The molecule has 3 rings (SSSR count). The molecule has 1 aliphatic heterocycles. The number of carbonyl (C=O) groups is 1. The zero-order chi connectivity index (χ0) is 16.3. The lowest BCUT2D eigenvalue weighted by atomic mass is 9.81. The molecule has 1 amide bonds. The van der Waals surface area contributed by atoms with Gasteiger partial charge in [-0.1, -0.05) is 30.2 Å². The van der Waals surface area contributed by atoms with E-state index in [1.54, 1.807) is 0 Å². The van der Waals surface area contributed by atoms with E-state index in [0.29, 0.717) is 30.7 Å². The van der Waals surface area contributed by atoms with Gasteiger partial charge >= 0.3 is 0 Å². The van der Waals surface area contributed by atoms with Crippen molar-refractivity contribution in [3.05, 3.63) is 34.9 Å². The van der Waals surface area contributed by atoms with Gasteiger partial charge in [-0.15, -0.1) is 12.4 Å². The average Bonchev–Trinajstić information content (AvgIpc) is 3.05. The van der Waals surface area contributed by atoms with Gasteiger partial charge in [0.05, 0.1) is 5.54 Å². The molecule has 1 saturated heterocycles. The normalized spacial score (nSPS) is 25.8. The summed E-state index contributed by atoms with van der Waals surface area (Å²) in [6.07, 6.45) is 4.68. The van der Waals surface area contributed by atoms with Gasteiger partial charge in [-0.05, 0) is 55.8 Å². The largest absolute Gasteiger partial charge is 0.381 e. The first kappa shape index (κ1) is 19.5. The van der Waals surface area contributed by atoms with E-state index in [4.69, 9.17) is 22.1 Å². The third-order valence-corrected chi connectivity index (χ3v) is 5.66. The second-order valence-electron chi connectivity index (χ2n) is 6.72. The molecule has 2 fully saturated rings. The van der Waals surface area contributed by atoms with Crippen LogP contribution in [0, 0.1) is 11.8 Å². The Morgan fingerprint density at radius 3 is 2.54 bits per heavy atom. The Bertz CT molecular complexity index is 544. The molecule has 3 N–H and O–H groups in total. The van der Waals surface area contributed by atoms with E-state index in [1.165, 1.54) is 0 Å². The summed E-state index contributed by atoms with van der Waals surface area (Å²) >= 11 is 6.02. The minimum atomic E-state index is -0.346. The first-order chi connectivity index (χ1) is 11.1. The van der Waals surface area contributed by atoms with Crippen molar-refractivity contribution in [3.63, 3.8) is 0 Å². The third kappa shape index (κ3) is 4.05. The van der Waals surface area contributed by atoms with E-state index in [-0.39, 0.29) is 29.8 Å². The van der Waals surface area contributed by atoms with Crippen molar-refractivity contribution >= 4 is 29.9 Å². The molecular formula is C18H26Cl2N2O2. The highest BCUT2D eigenvalue weighted by Gasteiger charge is 2.40. The maximum absolute atomic E-state index is 12.9. The first-order valence-electron chi connectivity index (χ1n) is 8.50. The molecule has 1 aromatic carbocycles. The number of halogens is 2. The maximum Gasteiger partial charge on any atom is 0.224 e. The minimum absolute atomic E-state index is 0. The molecule has 1 saturated carbocycles. The molecule has 2 atom stereocenters. The molecule has 1 heterocycles. The highest BCUT2D eigenvalue weighted by Crippen LogP contribution is 2.36. The van der Waals surface area contributed by atoms with Crippen molar-refractivity contribution in [2.75, 3.05) is 19.8 Å². The van der Waals surface area contributed by atoms with Crippen molar-refractivity contribution < 1.29 is 9.53 Å². The average molecular weight is 373 g/mol. The Morgan fingerprint density at radius 2 is 1.92 bits per heavy atom. The van der Waals surface area contributed by atoms with E-state index in [0.717, 1.165) is 37.7 Å². The topological polar surface area (TPSA) is 64.4 Å². The van der Waals surface area contributed by atoms with E-state index in [1.807, 2.05) is 24.3 Å². The lowest BCUT2D eigenvalue weighted by Gasteiger charge is -2.39. The molecule has 6 heteroatoms. The van der Waals surface area contributed by atoms with Crippen molar-refractivity contribution in [2.45, 2.75) is 37.6 Å². The summed E-state index contributed by atoms with van der Waals surface area (Å²) in [7, 11) is 0. The predicted octanol–water partition coefficient (Wildman–Crippen LogP) is 3.26. The summed E-state index contributed by atoms with van der Waals surface area (Å²) in [5, 5.41) is 4.07. The van der Waals surface area contributed by atoms with E-state index in [9.17, 15) is 4.79 Å². The molecule has 0 unspecified atom stereocenters. The van der Waals surface area contributed by atoms with Crippen LogP contribution in [0.5, 0.6) is 0 Å². The van der Waals surface area contributed by atoms with Gasteiger partial charge in [0, 0.05) is 24.2 Å². The molecule has 0 radical (unpaired) electrons. The number of rotatable bonds is 4. The van der Waals surface area contributed by atoms with Crippen LogP contribution in [0.1, 0.15) is 37.7 Å². The number of amides is 1. The van der Waals surface area contributed by atoms with Gasteiger partial charge in [0.2, 0.25) is 5.91 Å². The van der Waals surface area contributed by atoms with Crippen molar-refractivity contribution in [2.24, 2.45) is 17.6 Å². The highest BCUT2D eigenvalue weighted by molar-refractivity contribution is 6.30. The zero-order valence-corrected chi connectivity index (χ0v) is 15.4. The molecular weight excluding hydrogens is 347 g/mol. The van der Waals surface area contributed by atoms with Crippen LogP contribution >= 0.6 is 24.0 Å². The van der Waals surface area contributed by atoms with Crippen LogP contribution in [-0.2, 0) is 15.1 Å². The SMILES string of the molecule is Cl.NC[C@H]1CCC[C@H]1C(=O)NC1(c2ccc(Cl)cc2)CCOCC1. The molecule has 1 aliphatic carbocycles. The van der Waals surface area contributed by atoms with Gasteiger partial charge in [0.25, 0.3) is 0 Å². The molecule has 1 aromatic rings. The van der Waals surface area contributed by atoms with Crippen molar-refractivity contribution in [3.8, 4) is 0 Å². The van der Waals surface area contributed by atoms with Crippen molar-refractivity contribution in [1.29, 1.82) is 0 Å². The molecule has 0 bridgehead atoms. The fourth-order valence-corrected chi connectivity index (χ4v) is 4.09. The van der Waals surface area contributed by atoms with Crippen LogP contribution in [0.3, 0.4) is 0 Å². The zero-order valence-electron chi connectivity index (χ0n) is 13.8. The fourth-order valence-electron chi connectivity index (χ4n) is 3.97. The number of carbonyl (C=O) groups excluding carboxylic acids is 1. The summed E-state index contributed by atoms with van der Waals surface area (Å²) in [5.41, 5.74) is 6.61. The second kappa shape index (κ2) is 8.52. The first-order valence-corrected chi connectivity index (χ1v) is 8.88. The maximum atomic E-state index is 12.9. The standard InChI is InChI=1S/C18H25ClN2O2.ClH/c19-15-6-4-14(5-7-15)18(8-10-23-11-9-18)21-17(22)16-3-1-2-13(16)12-20;/h4-7,13,16H,1-3,8-12,20H2,(H,21,22);1H/t13-,16-;/m1./s1. The Balaban J connectivity index is 0.00000208. The van der Waals surface area contributed by atoms with Crippen LogP contribution in [0.2, 0.25) is 5.02 Å². The minimum Gasteiger partial charge on any atom is -0.381 e. The summed E-state index contributed by atoms with van der Waals surface area (Å²) in [6, 6.07) is 7.81. The summed E-state index contributed by atoms with van der Waals surface area (Å²) < 4.78 is 5.52. The lowest BCUT2D eigenvalue weighted by Crippen LogP contribution is -2.52. The third-order valence-electron chi connectivity index (χ3n) is 5.40. The Hall–Kier alpha value is -0.810. The Labute approximate surface area is 154 Å². The summed E-state index contributed by atoms with van der Waals surface area (Å²) in [4.78, 5) is 12.9. The van der Waals surface area contributed by atoms with Crippen LogP contribution in [-0.4, -0.2) is 25.7 Å². The van der Waals surface area contributed by atoms with E-state index < -0.39 is 0 Å². The van der Waals surface area contributed by atoms with Gasteiger partial charge < -0.3 is 15.8 Å². The fraction of sp³-hybridized carbons (Fsp3) is 0.611. The summed E-state index contributed by atoms with van der Waals surface area (Å²) in [5.74, 6) is 0.513. The molecule has 24 heavy (non-hydrogen) atoms. The van der Waals surface area contributed by atoms with Gasteiger partial charge in [-0.2, -0.15) is 0 Å². The van der Waals surface area contributed by atoms with Crippen LogP contribution in [0.25, 0.3) is 0 Å². The lowest BCUT2D eigenvalue weighted by molar-refractivity contribution is -0.129. The number of ether oxygens (including phenoxy) is 1. The molecule has 134 valence electrons. The second-order valence-corrected chi connectivity index (χ2v) is 7.16. The van der Waals surface area contributed by atoms with Gasteiger partial charge in [0.1, 0.15) is 0 Å². The molecule has 0 spiro atoms. The number of benzene rings is 1. The van der Waals surface area contributed by atoms with Crippen molar-refractivity contribution in [1.82, 2.24) is 5.32 Å². The molecule has 4 nitrogen and oxygen atoms in total. The number of nitrogens with two attached hydrogens (primary N) is 1. The van der Waals surface area contributed by atoms with Gasteiger partial charge in [-0.3, -0.25) is 4.79 Å². The van der Waals surface area contributed by atoms with Crippen LogP contribution in [0.15, 0.2) is 24.3 Å². The Morgan fingerprint density at radius 1 is 1.25 bits per heavy atom. The monoisotopic (exact) mass is 372 g/mol. The molecule has 2 aliphatic rings. The van der Waals surface area contributed by atoms with Gasteiger partial charge in [-0.25, -0.2) is 0 Å². The Kier molecular flexibility index (Phi) is 6.93.